The first kappa shape index (κ1) is 19.1. The molecule has 3 rings (SSSR count). The lowest BCUT2D eigenvalue weighted by atomic mass is 10.1. The number of halogens is 3. The summed E-state index contributed by atoms with van der Waals surface area (Å²) in [6.07, 6.45) is 1.47. The van der Waals surface area contributed by atoms with Gasteiger partial charge in [0.25, 0.3) is 5.91 Å². The van der Waals surface area contributed by atoms with Crippen molar-refractivity contribution in [3.63, 3.8) is 0 Å². The maximum absolute atomic E-state index is 12.6. The summed E-state index contributed by atoms with van der Waals surface area (Å²) in [6, 6.07) is 7.03. The van der Waals surface area contributed by atoms with Crippen LogP contribution in [0.4, 0.5) is 5.69 Å². The number of nitrogens with one attached hydrogen (secondary N) is 1. The fraction of sp³-hybridized carbons (Fsp3) is 0. The Morgan fingerprint density at radius 1 is 1.12 bits per heavy atom. The summed E-state index contributed by atoms with van der Waals surface area (Å²) >= 11 is 24.4. The minimum Gasteiger partial charge on any atom is -0.508 e. The standard InChI is InChI=1S/C16H9Cl3N2O3S2/c17-8-4-10(18)14(11(19)5-8)20-21-15(24)13(26-16(21)25)3-7-1-2-9(22)6-12(7)23/h1-6,20,22-23H/b13-3+. The van der Waals surface area contributed by atoms with Crippen molar-refractivity contribution in [1.82, 2.24) is 5.01 Å². The molecule has 0 aliphatic carbocycles. The molecule has 0 saturated carbocycles. The molecule has 2 aromatic rings. The van der Waals surface area contributed by atoms with Gasteiger partial charge in [0, 0.05) is 16.7 Å². The van der Waals surface area contributed by atoms with Gasteiger partial charge in [-0.2, -0.15) is 0 Å². The van der Waals surface area contributed by atoms with Gasteiger partial charge in [0.15, 0.2) is 4.32 Å². The molecule has 1 amide bonds. The molecule has 1 fully saturated rings. The Hall–Kier alpha value is -1.64. The predicted molar refractivity (Wildman–Crippen MR) is 110 cm³/mol. The normalized spacial score (nSPS) is 15.8. The number of carbonyl (C=O) groups excluding carboxylic acids is 1. The quantitative estimate of drug-likeness (QED) is 0.439. The first-order chi connectivity index (χ1) is 12.3. The minimum absolute atomic E-state index is 0.0825. The van der Waals surface area contributed by atoms with E-state index in [1.165, 1.54) is 36.4 Å². The van der Waals surface area contributed by atoms with E-state index in [0.29, 0.717) is 16.3 Å². The minimum atomic E-state index is -0.436. The third kappa shape index (κ3) is 3.87. The van der Waals surface area contributed by atoms with E-state index < -0.39 is 5.91 Å². The number of hydrogen-bond acceptors (Lipinski definition) is 6. The molecule has 1 aliphatic heterocycles. The van der Waals surface area contributed by atoms with Crippen LogP contribution in [0.3, 0.4) is 0 Å². The van der Waals surface area contributed by atoms with E-state index >= 15 is 0 Å². The van der Waals surface area contributed by atoms with Crippen molar-refractivity contribution in [2.24, 2.45) is 0 Å². The summed E-state index contributed by atoms with van der Waals surface area (Å²) in [5.41, 5.74) is 3.46. The van der Waals surface area contributed by atoms with Gasteiger partial charge in [-0.25, -0.2) is 5.01 Å². The largest absolute Gasteiger partial charge is 0.508 e. The molecular weight excluding hydrogens is 439 g/mol. The fourth-order valence-corrected chi connectivity index (χ4v) is 4.19. The highest BCUT2D eigenvalue weighted by Crippen LogP contribution is 2.38. The maximum atomic E-state index is 12.6. The van der Waals surface area contributed by atoms with Crippen LogP contribution in [-0.4, -0.2) is 25.4 Å². The average molecular weight is 448 g/mol. The Morgan fingerprint density at radius 3 is 2.38 bits per heavy atom. The molecule has 5 nitrogen and oxygen atoms in total. The lowest BCUT2D eigenvalue weighted by Gasteiger charge is -2.19. The lowest BCUT2D eigenvalue weighted by Crippen LogP contribution is -2.34. The van der Waals surface area contributed by atoms with E-state index in [-0.39, 0.29) is 30.8 Å². The van der Waals surface area contributed by atoms with Gasteiger partial charge in [0.05, 0.1) is 20.6 Å². The highest BCUT2D eigenvalue weighted by Gasteiger charge is 2.33. The van der Waals surface area contributed by atoms with Crippen LogP contribution in [0.2, 0.25) is 15.1 Å². The van der Waals surface area contributed by atoms with Crippen molar-refractivity contribution in [3.8, 4) is 11.5 Å². The number of aromatic hydroxyl groups is 2. The molecule has 0 aromatic heterocycles. The lowest BCUT2D eigenvalue weighted by molar-refractivity contribution is -0.121. The second kappa shape index (κ2) is 7.54. The number of nitrogens with zero attached hydrogens (tertiary/aromatic N) is 1. The Morgan fingerprint density at radius 2 is 1.77 bits per heavy atom. The van der Waals surface area contributed by atoms with Crippen LogP contribution in [0.5, 0.6) is 11.5 Å². The van der Waals surface area contributed by atoms with Crippen LogP contribution < -0.4 is 5.43 Å². The van der Waals surface area contributed by atoms with Crippen LogP contribution in [-0.2, 0) is 4.79 Å². The second-order valence-corrected chi connectivity index (χ2v) is 8.04. The highest BCUT2D eigenvalue weighted by molar-refractivity contribution is 8.26. The van der Waals surface area contributed by atoms with Gasteiger partial charge < -0.3 is 10.2 Å². The van der Waals surface area contributed by atoms with E-state index in [9.17, 15) is 15.0 Å². The third-order valence-corrected chi connectivity index (χ3v) is 5.44. The molecule has 1 heterocycles. The summed E-state index contributed by atoms with van der Waals surface area (Å²) in [7, 11) is 0. The number of thiocarbonyl (C=S) groups is 1. The predicted octanol–water partition coefficient (Wildman–Crippen LogP) is 5.29. The highest BCUT2D eigenvalue weighted by atomic mass is 35.5. The molecule has 3 N–H and O–H groups in total. The second-order valence-electron chi connectivity index (χ2n) is 5.12. The molecule has 0 unspecified atom stereocenters. The van der Waals surface area contributed by atoms with E-state index in [1.54, 1.807) is 0 Å². The molecule has 10 heteroatoms. The molecule has 1 aliphatic rings. The van der Waals surface area contributed by atoms with Gasteiger partial charge in [0.1, 0.15) is 11.5 Å². The SMILES string of the molecule is O=C1/C(=C\c2ccc(O)cc2O)SC(=S)N1Nc1c(Cl)cc(Cl)cc1Cl. The summed E-state index contributed by atoms with van der Waals surface area (Å²) in [4.78, 5) is 12.9. The average Bonchev–Trinajstić information content (AvgIpc) is 2.80. The van der Waals surface area contributed by atoms with Crippen molar-refractivity contribution in [2.45, 2.75) is 0 Å². The molecule has 26 heavy (non-hydrogen) atoms. The number of phenols is 2. The number of thioether (sulfide) groups is 1. The number of benzene rings is 2. The first-order valence-corrected chi connectivity index (χ1v) is 9.33. The van der Waals surface area contributed by atoms with Crippen LogP contribution >= 0.6 is 58.8 Å². The zero-order valence-corrected chi connectivity index (χ0v) is 16.6. The molecule has 134 valence electrons. The molecule has 2 aromatic carbocycles. The first-order valence-electron chi connectivity index (χ1n) is 6.97. The maximum Gasteiger partial charge on any atom is 0.285 e. The summed E-state index contributed by atoms with van der Waals surface area (Å²) in [6.45, 7) is 0. The molecular formula is C16H9Cl3N2O3S2. The van der Waals surface area contributed by atoms with Crippen LogP contribution in [0.25, 0.3) is 6.08 Å². The summed E-state index contributed by atoms with van der Waals surface area (Å²) in [5.74, 6) is -0.678. The van der Waals surface area contributed by atoms with E-state index in [4.69, 9.17) is 47.0 Å². The number of hydrazine groups is 1. The monoisotopic (exact) mass is 446 g/mol. The molecule has 0 spiro atoms. The number of phenolic OH excluding ortho intramolecular Hbond substituents is 2. The summed E-state index contributed by atoms with van der Waals surface area (Å²) < 4.78 is 0.238. The van der Waals surface area contributed by atoms with E-state index in [1.807, 2.05) is 0 Å². The zero-order chi connectivity index (χ0) is 19.0. The Bertz CT molecular complexity index is 943. The third-order valence-electron chi connectivity index (χ3n) is 3.32. The molecule has 0 radical (unpaired) electrons. The number of carbonyl (C=O) groups is 1. The van der Waals surface area contributed by atoms with Crippen molar-refractivity contribution >= 4 is 80.8 Å². The summed E-state index contributed by atoms with van der Waals surface area (Å²) in [5, 5.41) is 21.2. The Kier molecular flexibility index (Phi) is 5.55. The van der Waals surface area contributed by atoms with E-state index in [0.717, 1.165) is 16.8 Å². The van der Waals surface area contributed by atoms with Crippen LogP contribution in [0.15, 0.2) is 35.2 Å². The fourth-order valence-electron chi connectivity index (χ4n) is 2.12. The number of amides is 1. The Labute approximate surface area is 173 Å². The van der Waals surface area contributed by atoms with Gasteiger partial charge in [-0.05, 0) is 42.6 Å². The van der Waals surface area contributed by atoms with Crippen LogP contribution in [0.1, 0.15) is 5.56 Å². The Balaban J connectivity index is 1.89. The van der Waals surface area contributed by atoms with Crippen molar-refractivity contribution in [3.05, 3.63) is 55.9 Å². The van der Waals surface area contributed by atoms with E-state index in [2.05, 4.69) is 5.43 Å². The van der Waals surface area contributed by atoms with Crippen LogP contribution in [0, 0.1) is 0 Å². The van der Waals surface area contributed by atoms with Gasteiger partial charge in [-0.1, -0.05) is 46.6 Å². The topological polar surface area (TPSA) is 72.8 Å². The number of hydrogen-bond donors (Lipinski definition) is 3. The van der Waals surface area contributed by atoms with Crippen molar-refractivity contribution in [1.29, 1.82) is 0 Å². The zero-order valence-electron chi connectivity index (χ0n) is 12.7. The van der Waals surface area contributed by atoms with Gasteiger partial charge in [-0.15, -0.1) is 0 Å². The number of rotatable bonds is 3. The molecule has 0 bridgehead atoms. The van der Waals surface area contributed by atoms with Gasteiger partial charge >= 0.3 is 0 Å². The van der Waals surface area contributed by atoms with Gasteiger partial charge in [-0.3, -0.25) is 10.2 Å². The molecule has 1 saturated heterocycles. The smallest absolute Gasteiger partial charge is 0.285 e. The number of anilines is 1. The van der Waals surface area contributed by atoms with Crippen molar-refractivity contribution in [2.75, 3.05) is 5.43 Å². The molecule has 0 atom stereocenters. The van der Waals surface area contributed by atoms with Crippen molar-refractivity contribution < 1.29 is 15.0 Å². The van der Waals surface area contributed by atoms with Gasteiger partial charge in [0.2, 0.25) is 0 Å².